The molecule has 3 heterocycles. The highest BCUT2D eigenvalue weighted by atomic mass is 32.1. The molecule has 0 aromatic carbocycles. The fraction of sp³-hybridized carbons (Fsp3) is 0.529. The fourth-order valence-electron chi connectivity index (χ4n) is 2.97. The van der Waals surface area contributed by atoms with Crippen molar-refractivity contribution in [2.45, 2.75) is 26.2 Å². The third-order valence-corrected chi connectivity index (χ3v) is 5.24. The Morgan fingerprint density at radius 3 is 2.87 bits per heavy atom. The minimum Gasteiger partial charge on any atom is -0.459 e. The maximum absolute atomic E-state index is 12.6. The Balaban J connectivity index is 1.60. The Labute approximate surface area is 140 Å². The van der Waals surface area contributed by atoms with Crippen LogP contribution in [0.25, 0.3) is 10.8 Å². The van der Waals surface area contributed by atoms with Gasteiger partial charge < -0.3 is 14.6 Å². The number of nitrogens with one attached hydrogen (secondary N) is 1. The summed E-state index contributed by atoms with van der Waals surface area (Å²) in [6, 6.07) is 3.81. The van der Waals surface area contributed by atoms with Gasteiger partial charge in [-0.1, -0.05) is 0 Å². The molecule has 3 rings (SSSR count). The minimum atomic E-state index is 0.0443. The largest absolute Gasteiger partial charge is 0.459 e. The van der Waals surface area contributed by atoms with Gasteiger partial charge in [-0.2, -0.15) is 0 Å². The van der Waals surface area contributed by atoms with Gasteiger partial charge in [0.15, 0.2) is 10.8 Å². The van der Waals surface area contributed by atoms with Crippen molar-refractivity contribution in [1.82, 2.24) is 15.2 Å². The van der Waals surface area contributed by atoms with E-state index < -0.39 is 0 Å². The summed E-state index contributed by atoms with van der Waals surface area (Å²) in [5.41, 5.74) is 0.535. The molecule has 5 nitrogen and oxygen atoms in total. The summed E-state index contributed by atoms with van der Waals surface area (Å²) in [5, 5.41) is 5.80. The van der Waals surface area contributed by atoms with E-state index in [9.17, 15) is 4.79 Å². The maximum Gasteiger partial charge on any atom is 0.273 e. The fourth-order valence-corrected chi connectivity index (χ4v) is 3.72. The molecular weight excluding hydrogens is 310 g/mol. The monoisotopic (exact) mass is 333 g/mol. The van der Waals surface area contributed by atoms with Crippen molar-refractivity contribution in [3.05, 3.63) is 29.0 Å². The third-order valence-electron chi connectivity index (χ3n) is 4.38. The van der Waals surface area contributed by atoms with Crippen molar-refractivity contribution < 1.29 is 9.21 Å². The first-order valence-corrected chi connectivity index (χ1v) is 9.01. The number of piperidine rings is 1. The van der Waals surface area contributed by atoms with Gasteiger partial charge in [0.05, 0.1) is 0 Å². The highest BCUT2D eigenvalue weighted by Crippen LogP contribution is 2.27. The van der Waals surface area contributed by atoms with E-state index >= 15 is 0 Å². The van der Waals surface area contributed by atoms with E-state index in [0.29, 0.717) is 5.69 Å². The Morgan fingerprint density at radius 2 is 2.22 bits per heavy atom. The first-order chi connectivity index (χ1) is 11.2. The second-order valence-electron chi connectivity index (χ2n) is 6.08. The van der Waals surface area contributed by atoms with Gasteiger partial charge in [-0.05, 0) is 57.8 Å². The molecule has 0 atom stereocenters. The van der Waals surface area contributed by atoms with Gasteiger partial charge in [-0.25, -0.2) is 4.98 Å². The molecule has 124 valence electrons. The molecule has 1 saturated heterocycles. The van der Waals surface area contributed by atoms with Crippen LogP contribution in [0.1, 0.15) is 35.5 Å². The van der Waals surface area contributed by atoms with Crippen molar-refractivity contribution in [1.29, 1.82) is 0 Å². The Morgan fingerprint density at radius 1 is 1.43 bits per heavy atom. The summed E-state index contributed by atoms with van der Waals surface area (Å²) in [5.74, 6) is 2.36. The zero-order valence-corrected chi connectivity index (χ0v) is 14.5. The molecule has 1 N–H and O–H groups in total. The smallest absolute Gasteiger partial charge is 0.273 e. The number of hydrogen-bond donors (Lipinski definition) is 1. The lowest BCUT2D eigenvalue weighted by molar-refractivity contribution is 0.0682. The predicted molar refractivity (Wildman–Crippen MR) is 91.7 cm³/mol. The standard InChI is InChI=1S/C17H23N3O2S/c1-12-3-4-15(22-12)16-19-14(11-23-16)17(21)20-9-6-13(7-10-20)5-8-18-2/h3-4,11,13,18H,5-10H2,1-2H3. The number of amides is 1. The predicted octanol–water partition coefficient (Wildman–Crippen LogP) is 3.17. The van der Waals surface area contributed by atoms with Gasteiger partial charge in [0.2, 0.25) is 0 Å². The molecule has 0 bridgehead atoms. The summed E-state index contributed by atoms with van der Waals surface area (Å²) in [7, 11) is 1.99. The topological polar surface area (TPSA) is 58.4 Å². The zero-order valence-electron chi connectivity index (χ0n) is 13.7. The lowest BCUT2D eigenvalue weighted by atomic mass is 9.93. The summed E-state index contributed by atoms with van der Waals surface area (Å²) < 4.78 is 5.58. The van der Waals surface area contributed by atoms with Crippen LogP contribution in [0.3, 0.4) is 0 Å². The SMILES string of the molecule is CNCCC1CCN(C(=O)c2csc(-c3ccc(C)o3)n2)CC1. The van der Waals surface area contributed by atoms with Crippen LogP contribution < -0.4 is 5.32 Å². The van der Waals surface area contributed by atoms with Crippen LogP contribution in [0.4, 0.5) is 0 Å². The van der Waals surface area contributed by atoms with Crippen LogP contribution in [0.15, 0.2) is 21.9 Å². The Kier molecular flexibility index (Phi) is 5.13. The molecule has 1 aliphatic rings. The van der Waals surface area contributed by atoms with Gasteiger partial charge in [-0.3, -0.25) is 4.79 Å². The van der Waals surface area contributed by atoms with E-state index in [1.165, 1.54) is 17.8 Å². The summed E-state index contributed by atoms with van der Waals surface area (Å²) >= 11 is 1.46. The molecule has 23 heavy (non-hydrogen) atoms. The summed E-state index contributed by atoms with van der Waals surface area (Å²) in [4.78, 5) is 19.0. The van der Waals surface area contributed by atoms with E-state index in [4.69, 9.17) is 4.42 Å². The Bertz CT molecular complexity index is 656. The van der Waals surface area contributed by atoms with Crippen LogP contribution in [0.2, 0.25) is 0 Å². The second-order valence-corrected chi connectivity index (χ2v) is 6.93. The second kappa shape index (κ2) is 7.27. The van der Waals surface area contributed by atoms with Crippen LogP contribution in [0, 0.1) is 12.8 Å². The van der Waals surface area contributed by atoms with Crippen LogP contribution in [-0.2, 0) is 0 Å². The van der Waals surface area contributed by atoms with E-state index in [2.05, 4.69) is 10.3 Å². The molecule has 1 amide bonds. The molecule has 0 radical (unpaired) electrons. The molecule has 0 spiro atoms. The lowest BCUT2D eigenvalue weighted by Crippen LogP contribution is -2.39. The number of thiazole rings is 1. The summed E-state index contributed by atoms with van der Waals surface area (Å²) in [6.45, 7) is 4.62. The van der Waals surface area contributed by atoms with Crippen LogP contribution in [0.5, 0.6) is 0 Å². The molecule has 0 aliphatic carbocycles. The van der Waals surface area contributed by atoms with E-state index in [1.54, 1.807) is 0 Å². The average molecular weight is 333 g/mol. The van der Waals surface area contributed by atoms with Crippen LogP contribution >= 0.6 is 11.3 Å². The van der Waals surface area contributed by atoms with Crippen molar-refractivity contribution in [3.8, 4) is 10.8 Å². The highest BCUT2D eigenvalue weighted by Gasteiger charge is 2.25. The lowest BCUT2D eigenvalue weighted by Gasteiger charge is -2.31. The van der Waals surface area contributed by atoms with Crippen molar-refractivity contribution >= 4 is 17.2 Å². The molecule has 6 heteroatoms. The third kappa shape index (κ3) is 3.82. The number of hydrogen-bond acceptors (Lipinski definition) is 5. The normalized spacial score (nSPS) is 16.0. The number of aromatic nitrogens is 1. The molecular formula is C17H23N3O2S. The van der Waals surface area contributed by atoms with Crippen molar-refractivity contribution in [2.24, 2.45) is 5.92 Å². The quantitative estimate of drug-likeness (QED) is 0.913. The molecule has 2 aromatic rings. The number of likely N-dealkylation sites (tertiary alicyclic amines) is 1. The maximum atomic E-state index is 12.6. The number of carbonyl (C=O) groups excluding carboxylic acids is 1. The molecule has 0 saturated carbocycles. The number of nitrogens with zero attached hydrogens (tertiary/aromatic N) is 2. The van der Waals surface area contributed by atoms with Gasteiger partial charge in [0.1, 0.15) is 11.5 Å². The molecule has 1 fully saturated rings. The van der Waals surface area contributed by atoms with Crippen molar-refractivity contribution in [2.75, 3.05) is 26.7 Å². The first kappa shape index (κ1) is 16.2. The zero-order chi connectivity index (χ0) is 16.2. The molecule has 2 aromatic heterocycles. The van der Waals surface area contributed by atoms with Gasteiger partial charge in [-0.15, -0.1) is 11.3 Å². The van der Waals surface area contributed by atoms with Gasteiger partial charge in [0, 0.05) is 18.5 Å². The number of furan rings is 1. The Hall–Kier alpha value is -1.66. The van der Waals surface area contributed by atoms with Gasteiger partial charge >= 0.3 is 0 Å². The van der Waals surface area contributed by atoms with E-state index in [1.807, 2.05) is 36.4 Å². The molecule has 1 aliphatic heterocycles. The summed E-state index contributed by atoms with van der Waals surface area (Å²) in [6.07, 6.45) is 3.36. The number of aryl methyl sites for hydroxylation is 1. The molecule has 0 unspecified atom stereocenters. The number of carbonyl (C=O) groups is 1. The first-order valence-electron chi connectivity index (χ1n) is 8.13. The number of rotatable bonds is 5. The average Bonchev–Trinajstić information content (AvgIpc) is 3.21. The minimum absolute atomic E-state index is 0.0443. The van der Waals surface area contributed by atoms with E-state index in [0.717, 1.165) is 54.9 Å². The van der Waals surface area contributed by atoms with Gasteiger partial charge in [0.25, 0.3) is 5.91 Å². The van der Waals surface area contributed by atoms with E-state index in [-0.39, 0.29) is 5.91 Å². The van der Waals surface area contributed by atoms with Crippen molar-refractivity contribution in [3.63, 3.8) is 0 Å². The highest BCUT2D eigenvalue weighted by molar-refractivity contribution is 7.13. The van der Waals surface area contributed by atoms with Crippen LogP contribution in [-0.4, -0.2) is 42.5 Å².